The molecule has 2 aliphatic heterocycles. The molecular weight excluding hydrogens is 282 g/mol. The van der Waals surface area contributed by atoms with Crippen LogP contribution in [-0.4, -0.2) is 37.6 Å². The maximum absolute atomic E-state index is 12.0. The highest BCUT2D eigenvalue weighted by Crippen LogP contribution is 2.26. The van der Waals surface area contributed by atoms with Gasteiger partial charge in [0.1, 0.15) is 6.10 Å². The zero-order valence-corrected chi connectivity index (χ0v) is 12.5. The molecule has 22 heavy (non-hydrogen) atoms. The lowest BCUT2D eigenvalue weighted by molar-refractivity contribution is -0.134. The summed E-state index contributed by atoms with van der Waals surface area (Å²) in [5, 5.41) is 0. The molecule has 2 heterocycles. The Balaban J connectivity index is 1.51. The summed E-state index contributed by atoms with van der Waals surface area (Å²) in [5.74, 6) is -0.493. The number of nitrogens with zero attached hydrogens (tertiary/aromatic N) is 1. The van der Waals surface area contributed by atoms with Crippen LogP contribution in [0.3, 0.4) is 0 Å². The van der Waals surface area contributed by atoms with Gasteiger partial charge < -0.3 is 9.64 Å². The van der Waals surface area contributed by atoms with E-state index in [1.165, 1.54) is 5.56 Å². The molecule has 0 aromatic heterocycles. The van der Waals surface area contributed by atoms with Gasteiger partial charge in [0, 0.05) is 18.8 Å². The van der Waals surface area contributed by atoms with E-state index in [-0.39, 0.29) is 18.4 Å². The number of carbonyl (C=O) groups excluding carboxylic acids is 2. The van der Waals surface area contributed by atoms with Crippen molar-refractivity contribution in [3.63, 3.8) is 0 Å². The number of hydrogen-bond donors (Lipinski definition) is 2. The Morgan fingerprint density at radius 2 is 2.09 bits per heavy atom. The summed E-state index contributed by atoms with van der Waals surface area (Å²) in [5.41, 5.74) is 7.30. The number of aryl methyl sites for hydroxylation is 1. The number of benzene rings is 1. The summed E-state index contributed by atoms with van der Waals surface area (Å²) in [7, 11) is 0. The number of hydrogen-bond acceptors (Lipinski definition) is 4. The van der Waals surface area contributed by atoms with Crippen LogP contribution in [0.25, 0.3) is 0 Å². The highest BCUT2D eigenvalue weighted by atomic mass is 16.5. The monoisotopic (exact) mass is 303 g/mol. The van der Waals surface area contributed by atoms with Crippen molar-refractivity contribution < 1.29 is 14.3 Å². The minimum absolute atomic E-state index is 0.219. The van der Waals surface area contributed by atoms with E-state index < -0.39 is 6.10 Å². The molecule has 1 saturated heterocycles. The molecule has 2 aliphatic rings. The van der Waals surface area contributed by atoms with Crippen molar-refractivity contribution in [2.24, 2.45) is 0 Å². The van der Waals surface area contributed by atoms with Crippen LogP contribution in [0.5, 0.6) is 0 Å². The predicted octanol–water partition coefficient (Wildman–Crippen LogP) is 0.766. The Morgan fingerprint density at radius 3 is 2.91 bits per heavy atom. The predicted molar refractivity (Wildman–Crippen MR) is 82.2 cm³/mol. The van der Waals surface area contributed by atoms with Crippen LogP contribution in [0, 0.1) is 0 Å². The summed E-state index contributed by atoms with van der Waals surface area (Å²) in [4.78, 5) is 25.9. The van der Waals surface area contributed by atoms with E-state index in [1.54, 1.807) is 0 Å². The standard InChI is InChI=1S/C16H21N3O3/c20-15(17-18-16(21)14-8-4-10-22-14)11-19-9-3-6-12-5-1-2-7-13(12)19/h1-2,5,7,14H,3-4,6,8-11H2,(H,17,20)(H,18,21). The highest BCUT2D eigenvalue weighted by molar-refractivity contribution is 5.86. The fourth-order valence-electron chi connectivity index (χ4n) is 2.98. The quantitative estimate of drug-likeness (QED) is 0.809. The van der Waals surface area contributed by atoms with Crippen molar-refractivity contribution in [3.8, 4) is 0 Å². The largest absolute Gasteiger partial charge is 0.368 e. The lowest BCUT2D eigenvalue weighted by atomic mass is 10.0. The SMILES string of the molecule is O=C(CN1CCCc2ccccc21)NNC(=O)C1CCCO1. The Morgan fingerprint density at radius 1 is 1.23 bits per heavy atom. The van der Waals surface area contributed by atoms with Crippen molar-refractivity contribution in [3.05, 3.63) is 29.8 Å². The number of para-hydroxylation sites is 1. The third-order valence-electron chi connectivity index (χ3n) is 4.09. The van der Waals surface area contributed by atoms with Crippen molar-refractivity contribution in [2.45, 2.75) is 31.8 Å². The lowest BCUT2D eigenvalue weighted by Gasteiger charge is -2.30. The summed E-state index contributed by atoms with van der Waals surface area (Å²) >= 11 is 0. The second-order valence-corrected chi connectivity index (χ2v) is 5.69. The van der Waals surface area contributed by atoms with Crippen molar-refractivity contribution in [1.82, 2.24) is 10.9 Å². The first-order valence-corrected chi connectivity index (χ1v) is 7.77. The topological polar surface area (TPSA) is 70.7 Å². The average Bonchev–Trinajstić information content (AvgIpc) is 3.07. The van der Waals surface area contributed by atoms with Gasteiger partial charge >= 0.3 is 0 Å². The fraction of sp³-hybridized carbons (Fsp3) is 0.500. The molecule has 0 radical (unpaired) electrons. The van der Waals surface area contributed by atoms with E-state index in [0.29, 0.717) is 13.0 Å². The van der Waals surface area contributed by atoms with Gasteiger partial charge in [0.2, 0.25) is 0 Å². The molecule has 6 heteroatoms. The first-order valence-electron chi connectivity index (χ1n) is 7.77. The summed E-state index contributed by atoms with van der Waals surface area (Å²) in [6, 6.07) is 8.13. The van der Waals surface area contributed by atoms with Crippen LogP contribution >= 0.6 is 0 Å². The molecule has 0 aliphatic carbocycles. The summed E-state index contributed by atoms with van der Waals surface area (Å²) < 4.78 is 5.27. The molecule has 1 unspecified atom stereocenters. The van der Waals surface area contributed by atoms with E-state index in [4.69, 9.17) is 4.74 Å². The van der Waals surface area contributed by atoms with Gasteiger partial charge in [0.15, 0.2) is 0 Å². The van der Waals surface area contributed by atoms with Crippen LogP contribution in [0.15, 0.2) is 24.3 Å². The average molecular weight is 303 g/mol. The lowest BCUT2D eigenvalue weighted by Crippen LogP contribution is -2.50. The highest BCUT2D eigenvalue weighted by Gasteiger charge is 2.24. The van der Waals surface area contributed by atoms with E-state index in [0.717, 1.165) is 31.5 Å². The number of hydrazine groups is 1. The van der Waals surface area contributed by atoms with E-state index in [2.05, 4.69) is 16.9 Å². The van der Waals surface area contributed by atoms with E-state index in [1.807, 2.05) is 23.1 Å². The van der Waals surface area contributed by atoms with Crippen molar-refractivity contribution in [2.75, 3.05) is 24.6 Å². The van der Waals surface area contributed by atoms with Gasteiger partial charge in [-0.3, -0.25) is 20.4 Å². The summed E-state index contributed by atoms with van der Waals surface area (Å²) in [6.45, 7) is 1.70. The molecule has 1 aromatic rings. The Kier molecular flexibility index (Phi) is 4.58. The first kappa shape index (κ1) is 14.8. The van der Waals surface area contributed by atoms with Gasteiger partial charge in [0.25, 0.3) is 11.8 Å². The Labute approximate surface area is 129 Å². The Bertz CT molecular complexity index is 555. The number of nitrogens with one attached hydrogen (secondary N) is 2. The number of amides is 2. The zero-order chi connectivity index (χ0) is 15.4. The minimum Gasteiger partial charge on any atom is -0.368 e. The van der Waals surface area contributed by atoms with Gasteiger partial charge in [-0.2, -0.15) is 0 Å². The molecule has 118 valence electrons. The molecule has 3 rings (SSSR count). The number of rotatable bonds is 3. The third-order valence-corrected chi connectivity index (χ3v) is 4.09. The van der Waals surface area contributed by atoms with Gasteiger partial charge in [0.05, 0.1) is 6.54 Å². The second-order valence-electron chi connectivity index (χ2n) is 5.69. The van der Waals surface area contributed by atoms with Gasteiger partial charge in [-0.15, -0.1) is 0 Å². The molecule has 2 amide bonds. The van der Waals surface area contributed by atoms with Gasteiger partial charge in [-0.05, 0) is 37.3 Å². The van der Waals surface area contributed by atoms with Gasteiger partial charge in [-0.25, -0.2) is 0 Å². The molecule has 1 fully saturated rings. The maximum atomic E-state index is 12.0. The zero-order valence-electron chi connectivity index (χ0n) is 12.5. The second kappa shape index (κ2) is 6.79. The van der Waals surface area contributed by atoms with Crippen LogP contribution in [-0.2, 0) is 20.7 Å². The van der Waals surface area contributed by atoms with Crippen LogP contribution in [0.1, 0.15) is 24.8 Å². The smallest absolute Gasteiger partial charge is 0.267 e. The first-order chi connectivity index (χ1) is 10.7. The van der Waals surface area contributed by atoms with Crippen LogP contribution < -0.4 is 15.8 Å². The van der Waals surface area contributed by atoms with Crippen LogP contribution in [0.4, 0.5) is 5.69 Å². The fourth-order valence-corrected chi connectivity index (χ4v) is 2.98. The molecule has 0 spiro atoms. The molecule has 6 nitrogen and oxygen atoms in total. The van der Waals surface area contributed by atoms with Gasteiger partial charge in [-0.1, -0.05) is 18.2 Å². The number of fused-ring (bicyclic) bond motifs is 1. The molecular formula is C16H21N3O3. The van der Waals surface area contributed by atoms with E-state index >= 15 is 0 Å². The Hall–Kier alpha value is -2.08. The maximum Gasteiger partial charge on any atom is 0.267 e. The molecule has 0 bridgehead atoms. The van der Waals surface area contributed by atoms with E-state index in [9.17, 15) is 9.59 Å². The number of ether oxygens (including phenoxy) is 1. The minimum atomic E-state index is -0.434. The molecule has 1 atom stereocenters. The summed E-state index contributed by atoms with van der Waals surface area (Å²) in [6.07, 6.45) is 3.24. The molecule has 0 saturated carbocycles. The third kappa shape index (κ3) is 3.39. The number of anilines is 1. The normalized spacial score (nSPS) is 20.4. The molecule has 2 N–H and O–H groups in total. The van der Waals surface area contributed by atoms with Crippen LogP contribution in [0.2, 0.25) is 0 Å². The molecule has 1 aromatic carbocycles. The number of carbonyl (C=O) groups is 2. The van der Waals surface area contributed by atoms with Crippen molar-refractivity contribution in [1.29, 1.82) is 0 Å². The van der Waals surface area contributed by atoms with Crippen molar-refractivity contribution >= 4 is 17.5 Å².